The zero-order valence-corrected chi connectivity index (χ0v) is 18.7. The van der Waals surface area contributed by atoms with Gasteiger partial charge in [-0.15, -0.1) is 12.4 Å². The first kappa shape index (κ1) is 25.9. The highest BCUT2D eigenvalue weighted by Gasteiger charge is 2.52. The number of ketones is 1. The second-order valence-electron chi connectivity index (χ2n) is 7.43. The largest absolute Gasteiger partial charge is 0.494 e. The predicted molar refractivity (Wildman–Crippen MR) is 115 cm³/mol. The zero-order valence-electron chi connectivity index (χ0n) is 17.9. The number of hydrogen-bond donors (Lipinski definition) is 1. The lowest BCUT2D eigenvalue weighted by Gasteiger charge is -2.13. The van der Waals surface area contributed by atoms with Crippen molar-refractivity contribution < 1.29 is 28.6 Å². The van der Waals surface area contributed by atoms with Crippen LogP contribution < -0.4 is 10.5 Å². The molecule has 2 N–H and O–H groups in total. The highest BCUT2D eigenvalue weighted by atomic mass is 35.5. The van der Waals surface area contributed by atoms with Crippen molar-refractivity contribution in [1.29, 1.82) is 0 Å². The van der Waals surface area contributed by atoms with Gasteiger partial charge in [-0.1, -0.05) is 0 Å². The van der Waals surface area contributed by atoms with Crippen molar-refractivity contribution in [1.82, 2.24) is 0 Å². The third-order valence-electron chi connectivity index (χ3n) is 5.02. The van der Waals surface area contributed by atoms with E-state index >= 15 is 0 Å². The van der Waals surface area contributed by atoms with E-state index in [0.717, 1.165) is 31.4 Å². The number of esters is 2. The molecule has 30 heavy (non-hydrogen) atoms. The fourth-order valence-electron chi connectivity index (χ4n) is 2.81. The van der Waals surface area contributed by atoms with E-state index in [4.69, 9.17) is 19.9 Å². The lowest BCUT2D eigenvalue weighted by atomic mass is 9.95. The number of halogens is 1. The Labute approximate surface area is 184 Å². The van der Waals surface area contributed by atoms with Crippen LogP contribution in [0, 0.1) is 5.41 Å². The molecule has 168 valence electrons. The van der Waals surface area contributed by atoms with E-state index in [-0.39, 0.29) is 36.5 Å². The molecule has 1 aromatic rings. The van der Waals surface area contributed by atoms with Gasteiger partial charge in [-0.3, -0.25) is 14.4 Å². The molecule has 0 aliphatic heterocycles. The topological polar surface area (TPSA) is 105 Å². The minimum atomic E-state index is -0.601. The van der Waals surface area contributed by atoms with Gasteiger partial charge in [0, 0.05) is 12.0 Å². The Morgan fingerprint density at radius 2 is 1.40 bits per heavy atom. The summed E-state index contributed by atoms with van der Waals surface area (Å²) >= 11 is 0. The van der Waals surface area contributed by atoms with E-state index in [1.165, 1.54) is 0 Å². The van der Waals surface area contributed by atoms with Gasteiger partial charge >= 0.3 is 11.9 Å². The van der Waals surface area contributed by atoms with E-state index in [2.05, 4.69) is 0 Å². The van der Waals surface area contributed by atoms with Crippen molar-refractivity contribution in [2.75, 3.05) is 19.8 Å². The molecule has 0 saturated heterocycles. The molecule has 2 aliphatic rings. The molecule has 2 fully saturated rings. The van der Waals surface area contributed by atoms with E-state index < -0.39 is 11.0 Å². The highest BCUT2D eigenvalue weighted by molar-refractivity contribution is 5.99. The third kappa shape index (κ3) is 6.99. The predicted octanol–water partition coefficient (Wildman–Crippen LogP) is 3.46. The molecule has 0 aromatic heterocycles. The molecular formula is C22H32ClNO6. The number of hydrogen-bond acceptors (Lipinski definition) is 7. The van der Waals surface area contributed by atoms with Crippen molar-refractivity contribution in [3.63, 3.8) is 0 Å². The second-order valence-corrected chi connectivity index (χ2v) is 7.43. The second kappa shape index (κ2) is 11.3. The van der Waals surface area contributed by atoms with Gasteiger partial charge in [0.05, 0.1) is 25.2 Å². The van der Waals surface area contributed by atoms with Crippen LogP contribution in [0.3, 0.4) is 0 Å². The quantitative estimate of drug-likeness (QED) is 0.462. The summed E-state index contributed by atoms with van der Waals surface area (Å²) in [7, 11) is 0. The minimum Gasteiger partial charge on any atom is -0.494 e. The van der Waals surface area contributed by atoms with Gasteiger partial charge in [0.1, 0.15) is 11.3 Å². The van der Waals surface area contributed by atoms with Crippen LogP contribution in [-0.4, -0.2) is 43.1 Å². The number of rotatable bonds is 9. The molecule has 0 bridgehead atoms. The summed E-state index contributed by atoms with van der Waals surface area (Å²) in [6.45, 7) is 6.86. The van der Waals surface area contributed by atoms with Gasteiger partial charge in [-0.2, -0.15) is 0 Å². The average molecular weight is 442 g/mol. The Morgan fingerprint density at radius 3 is 1.83 bits per heavy atom. The number of ether oxygens (including phenoxy) is 3. The molecule has 0 spiro atoms. The number of carbonyl (C=O) groups excluding carboxylic acids is 3. The monoisotopic (exact) mass is 441 g/mol. The van der Waals surface area contributed by atoms with Gasteiger partial charge < -0.3 is 19.9 Å². The Kier molecular flexibility index (Phi) is 9.78. The van der Waals surface area contributed by atoms with E-state index in [1.54, 1.807) is 38.1 Å². The molecule has 0 radical (unpaired) electrons. The van der Waals surface area contributed by atoms with Crippen LogP contribution in [0.25, 0.3) is 0 Å². The fraction of sp³-hybridized carbons (Fsp3) is 0.591. The average Bonchev–Trinajstić information content (AvgIpc) is 3.62. The molecule has 0 heterocycles. The molecule has 1 aromatic carbocycles. The molecule has 3 rings (SSSR count). The molecule has 0 amide bonds. The zero-order chi connectivity index (χ0) is 21.5. The molecule has 2 saturated carbocycles. The summed E-state index contributed by atoms with van der Waals surface area (Å²) in [6, 6.07) is 7.05. The number of nitrogens with two attached hydrogens (primary N) is 1. The number of benzene rings is 1. The van der Waals surface area contributed by atoms with Gasteiger partial charge in [-0.05, 0) is 70.7 Å². The van der Waals surface area contributed by atoms with E-state index in [0.29, 0.717) is 25.4 Å². The molecule has 8 heteroatoms. The van der Waals surface area contributed by atoms with Crippen LogP contribution in [0.1, 0.15) is 63.2 Å². The Hall–Kier alpha value is -2.12. The fourth-order valence-corrected chi connectivity index (χ4v) is 2.81. The Bertz CT molecular complexity index is 726. The van der Waals surface area contributed by atoms with Gasteiger partial charge in [-0.25, -0.2) is 0 Å². The van der Waals surface area contributed by atoms with Crippen LogP contribution in [0.2, 0.25) is 0 Å². The SMILES string of the molecule is CCOC(=O)C1(CC(=O)c2ccc(OCC)cc2)CC1.CCOC(=O)C1(N)CC1.Cl. The maximum atomic E-state index is 12.2. The minimum absolute atomic E-state index is 0. The normalized spacial score (nSPS) is 16.7. The number of Topliss-reactive ketones (excluding diaryl/α,β-unsaturated/α-hetero) is 1. The Balaban J connectivity index is 0.000000379. The lowest BCUT2D eigenvalue weighted by Crippen LogP contribution is -2.34. The highest BCUT2D eigenvalue weighted by Crippen LogP contribution is 2.50. The van der Waals surface area contributed by atoms with Crippen molar-refractivity contribution in [2.24, 2.45) is 11.1 Å². The summed E-state index contributed by atoms with van der Waals surface area (Å²) in [6.07, 6.45) is 3.29. The van der Waals surface area contributed by atoms with Crippen LogP contribution >= 0.6 is 12.4 Å². The molecule has 2 aliphatic carbocycles. The summed E-state index contributed by atoms with van der Waals surface area (Å²) in [5.41, 5.74) is 4.95. The summed E-state index contributed by atoms with van der Waals surface area (Å²) in [5.74, 6) is 0.249. The third-order valence-corrected chi connectivity index (χ3v) is 5.02. The first-order valence-corrected chi connectivity index (χ1v) is 10.2. The van der Waals surface area contributed by atoms with Crippen molar-refractivity contribution >= 4 is 30.1 Å². The van der Waals surface area contributed by atoms with E-state index in [9.17, 15) is 14.4 Å². The van der Waals surface area contributed by atoms with Crippen LogP contribution in [0.4, 0.5) is 0 Å². The molecule has 7 nitrogen and oxygen atoms in total. The van der Waals surface area contributed by atoms with Crippen LogP contribution in [0.5, 0.6) is 5.75 Å². The first-order valence-electron chi connectivity index (χ1n) is 10.2. The maximum Gasteiger partial charge on any atom is 0.326 e. The summed E-state index contributed by atoms with van der Waals surface area (Å²) < 4.78 is 15.1. The number of carbonyl (C=O) groups is 3. The van der Waals surface area contributed by atoms with Crippen LogP contribution in [-0.2, 0) is 19.1 Å². The standard InChI is InChI=1S/C16H20O4.C6H11NO2.ClH/c1-3-19-13-7-5-12(6-8-13)14(17)11-16(9-10-16)15(18)20-4-2;1-2-9-5(8)6(7)3-4-6;/h5-8H,3-4,9-11H2,1-2H3;2-4,7H2,1H3;1H. The molecule has 0 unspecified atom stereocenters. The summed E-state index contributed by atoms with van der Waals surface area (Å²) in [4.78, 5) is 34.8. The van der Waals surface area contributed by atoms with Crippen molar-refractivity contribution in [3.8, 4) is 5.75 Å². The van der Waals surface area contributed by atoms with Gasteiger partial charge in [0.25, 0.3) is 0 Å². The van der Waals surface area contributed by atoms with Gasteiger partial charge in [0.15, 0.2) is 5.78 Å². The van der Waals surface area contributed by atoms with Crippen molar-refractivity contribution in [2.45, 2.75) is 58.4 Å². The van der Waals surface area contributed by atoms with E-state index in [1.807, 2.05) is 6.92 Å². The smallest absolute Gasteiger partial charge is 0.326 e. The first-order chi connectivity index (χ1) is 13.8. The maximum absolute atomic E-state index is 12.2. The molecule has 0 atom stereocenters. The van der Waals surface area contributed by atoms with Gasteiger partial charge in [0.2, 0.25) is 0 Å². The lowest BCUT2D eigenvalue weighted by molar-refractivity contribution is -0.149. The Morgan fingerprint density at radius 1 is 0.867 bits per heavy atom. The molecular weight excluding hydrogens is 410 g/mol. The summed E-state index contributed by atoms with van der Waals surface area (Å²) in [5, 5.41) is 0. The van der Waals surface area contributed by atoms with Crippen LogP contribution in [0.15, 0.2) is 24.3 Å². The van der Waals surface area contributed by atoms with Crippen molar-refractivity contribution in [3.05, 3.63) is 29.8 Å².